The van der Waals surface area contributed by atoms with Crippen molar-refractivity contribution >= 4 is 62.0 Å². The Morgan fingerprint density at radius 1 is 1.23 bits per heavy atom. The molecule has 0 spiro atoms. The van der Waals surface area contributed by atoms with Gasteiger partial charge < -0.3 is 9.29 Å². The lowest BCUT2D eigenvalue weighted by Crippen LogP contribution is -2.32. The summed E-state index contributed by atoms with van der Waals surface area (Å²) < 4.78 is 40.4. The maximum Gasteiger partial charge on any atom is 0.266 e. The van der Waals surface area contributed by atoms with Gasteiger partial charge in [-0.3, -0.25) is 9.69 Å². The Hall–Kier alpha value is -2.70. The van der Waals surface area contributed by atoms with E-state index in [1.807, 2.05) is 43.3 Å². The van der Waals surface area contributed by atoms with Gasteiger partial charge in [0.05, 0.1) is 38.1 Å². The number of benzene rings is 2. The van der Waals surface area contributed by atoms with Crippen LogP contribution >= 0.6 is 35.6 Å². The van der Waals surface area contributed by atoms with E-state index in [-0.39, 0.29) is 10.9 Å². The van der Waals surface area contributed by atoms with Crippen LogP contribution in [0.2, 0.25) is 5.02 Å². The summed E-state index contributed by atoms with van der Waals surface area (Å²) in [4.78, 5) is 14.3. The fraction of sp³-hybridized carbons (Fsp3) is 0.174. The molecule has 12 heteroatoms. The van der Waals surface area contributed by atoms with Crippen molar-refractivity contribution < 1.29 is 22.5 Å². The zero-order valence-electron chi connectivity index (χ0n) is 18.4. The van der Waals surface area contributed by atoms with Crippen LogP contribution in [0.4, 0.5) is 0 Å². The minimum absolute atomic E-state index is 0.186. The molecule has 3 aromatic rings. The molecule has 1 aromatic heterocycles. The van der Waals surface area contributed by atoms with Gasteiger partial charge in [-0.1, -0.05) is 53.8 Å². The van der Waals surface area contributed by atoms with Crippen LogP contribution in [-0.2, 0) is 14.9 Å². The van der Waals surface area contributed by atoms with E-state index in [1.54, 1.807) is 29.1 Å². The van der Waals surface area contributed by atoms with Crippen molar-refractivity contribution in [2.75, 3.05) is 18.9 Å². The van der Waals surface area contributed by atoms with E-state index in [9.17, 15) is 17.8 Å². The Bertz CT molecular complexity index is 1420. The number of hydrogen-bond acceptors (Lipinski definition) is 8. The van der Waals surface area contributed by atoms with Crippen LogP contribution in [0.15, 0.2) is 59.6 Å². The Morgan fingerprint density at radius 2 is 1.97 bits per heavy atom. The Balaban J connectivity index is 1.75. The standard InChI is InChI=1S/C23H20ClN3O5S3/c1-2-32-19-9-8-15(12-18(19)24)21-16(14-27(25-21)17-6-4-3-5-7-17)13-20-22(28)26(23(33)34-20)10-11-35(29,30)31/h3-9,12-14H,2,10-11H2,1H3,(H,29,30,31)/p-1/b20-13+. The van der Waals surface area contributed by atoms with E-state index in [4.69, 9.17) is 33.7 Å². The maximum atomic E-state index is 12.9. The first-order valence-electron chi connectivity index (χ1n) is 10.4. The van der Waals surface area contributed by atoms with Gasteiger partial charge in [-0.05, 0) is 43.3 Å². The second-order valence-electron chi connectivity index (χ2n) is 7.39. The number of nitrogens with zero attached hydrogens (tertiary/aromatic N) is 3. The molecule has 8 nitrogen and oxygen atoms in total. The Labute approximate surface area is 217 Å². The van der Waals surface area contributed by atoms with Crippen LogP contribution in [0.25, 0.3) is 23.0 Å². The summed E-state index contributed by atoms with van der Waals surface area (Å²) >= 11 is 12.7. The second-order valence-corrected chi connectivity index (χ2v) is 11.0. The van der Waals surface area contributed by atoms with E-state index in [1.165, 1.54) is 0 Å². The molecule has 2 aromatic carbocycles. The number of para-hydroxylation sites is 1. The van der Waals surface area contributed by atoms with Gasteiger partial charge in [0.15, 0.2) is 0 Å². The number of amides is 1. The van der Waals surface area contributed by atoms with Gasteiger partial charge in [0.25, 0.3) is 5.91 Å². The smallest absolute Gasteiger partial charge is 0.266 e. The predicted octanol–water partition coefficient (Wildman–Crippen LogP) is 4.34. The molecule has 1 aliphatic rings. The molecule has 1 aliphatic heterocycles. The molecule has 1 amide bonds. The molecule has 0 aliphatic carbocycles. The van der Waals surface area contributed by atoms with E-state index >= 15 is 0 Å². The summed E-state index contributed by atoms with van der Waals surface area (Å²) in [5.74, 6) is -0.628. The molecule has 0 bridgehead atoms. The predicted molar refractivity (Wildman–Crippen MR) is 140 cm³/mol. The van der Waals surface area contributed by atoms with E-state index in [0.29, 0.717) is 39.1 Å². The van der Waals surface area contributed by atoms with Crippen molar-refractivity contribution in [3.63, 3.8) is 0 Å². The van der Waals surface area contributed by atoms with Gasteiger partial charge in [0, 0.05) is 23.9 Å². The Kier molecular flexibility index (Phi) is 7.62. The lowest BCUT2D eigenvalue weighted by Gasteiger charge is -2.15. The molecule has 182 valence electrons. The van der Waals surface area contributed by atoms with Gasteiger partial charge in [0.2, 0.25) is 0 Å². The average molecular weight is 549 g/mol. The largest absolute Gasteiger partial charge is 0.748 e. The third-order valence-corrected chi connectivity index (χ3v) is 7.35. The topological polar surface area (TPSA) is 105 Å². The van der Waals surface area contributed by atoms with Crippen LogP contribution in [0, 0.1) is 0 Å². The fourth-order valence-corrected chi connectivity index (χ4v) is 5.33. The molecule has 1 saturated heterocycles. The van der Waals surface area contributed by atoms with Crippen molar-refractivity contribution in [1.29, 1.82) is 0 Å². The summed E-state index contributed by atoms with van der Waals surface area (Å²) in [6.07, 6.45) is 3.43. The highest BCUT2D eigenvalue weighted by Crippen LogP contribution is 2.36. The van der Waals surface area contributed by atoms with E-state index in [0.717, 1.165) is 22.3 Å². The molecular weight excluding hydrogens is 530 g/mol. The zero-order chi connectivity index (χ0) is 25.2. The van der Waals surface area contributed by atoms with Crippen molar-refractivity contribution in [2.24, 2.45) is 0 Å². The highest BCUT2D eigenvalue weighted by molar-refractivity contribution is 8.26. The zero-order valence-corrected chi connectivity index (χ0v) is 21.6. The molecule has 0 N–H and O–H groups in total. The quantitative estimate of drug-likeness (QED) is 0.233. The highest BCUT2D eigenvalue weighted by Gasteiger charge is 2.32. The number of thiocarbonyl (C=S) groups is 1. The summed E-state index contributed by atoms with van der Waals surface area (Å²) in [7, 11) is -4.49. The minimum atomic E-state index is -4.49. The van der Waals surface area contributed by atoms with Gasteiger partial charge in [-0.25, -0.2) is 13.1 Å². The summed E-state index contributed by atoms with van der Waals surface area (Å²) in [5, 5.41) is 5.15. The lowest BCUT2D eigenvalue weighted by atomic mass is 10.1. The molecule has 0 atom stereocenters. The third kappa shape index (κ3) is 5.93. The number of aromatic nitrogens is 2. The summed E-state index contributed by atoms with van der Waals surface area (Å²) in [6, 6.07) is 14.8. The van der Waals surface area contributed by atoms with Crippen LogP contribution in [-0.4, -0.2) is 56.8 Å². The molecule has 0 radical (unpaired) electrons. The van der Waals surface area contributed by atoms with Crippen LogP contribution < -0.4 is 4.74 Å². The van der Waals surface area contributed by atoms with Crippen molar-refractivity contribution in [1.82, 2.24) is 14.7 Å². The maximum absolute atomic E-state index is 12.9. The SMILES string of the molecule is CCOc1ccc(-c2nn(-c3ccccc3)cc2/C=C2/SC(=S)N(CCS(=O)(=O)[O-])C2=O)cc1Cl. The number of carbonyl (C=O) groups is 1. The normalized spacial score (nSPS) is 15.3. The monoisotopic (exact) mass is 548 g/mol. The molecule has 0 unspecified atom stereocenters. The number of rotatable bonds is 8. The van der Waals surface area contributed by atoms with E-state index in [2.05, 4.69) is 0 Å². The lowest BCUT2D eigenvalue weighted by molar-refractivity contribution is -0.121. The average Bonchev–Trinajstić information content (AvgIpc) is 3.35. The summed E-state index contributed by atoms with van der Waals surface area (Å²) in [5.41, 5.74) is 2.74. The molecular formula is C23H19ClN3O5S3-. The van der Waals surface area contributed by atoms with Crippen molar-refractivity contribution in [3.8, 4) is 22.7 Å². The molecule has 0 saturated carbocycles. The van der Waals surface area contributed by atoms with Crippen LogP contribution in [0.5, 0.6) is 5.75 Å². The number of halogens is 1. The summed E-state index contributed by atoms with van der Waals surface area (Å²) in [6.45, 7) is 2.05. The van der Waals surface area contributed by atoms with Gasteiger partial charge in [0.1, 0.15) is 15.8 Å². The second kappa shape index (κ2) is 10.5. The number of ether oxygens (including phenoxy) is 1. The molecule has 2 heterocycles. The Morgan fingerprint density at radius 3 is 2.63 bits per heavy atom. The first kappa shape index (κ1) is 25.4. The van der Waals surface area contributed by atoms with E-state index < -0.39 is 21.8 Å². The van der Waals surface area contributed by atoms with Gasteiger partial charge in [-0.2, -0.15) is 5.10 Å². The minimum Gasteiger partial charge on any atom is -0.748 e. The van der Waals surface area contributed by atoms with Gasteiger partial charge >= 0.3 is 0 Å². The first-order valence-corrected chi connectivity index (χ1v) is 13.6. The van der Waals surface area contributed by atoms with Gasteiger partial charge in [-0.15, -0.1) is 0 Å². The van der Waals surface area contributed by atoms with Crippen LogP contribution in [0.1, 0.15) is 12.5 Å². The first-order chi connectivity index (χ1) is 16.7. The number of carbonyl (C=O) groups excluding carboxylic acids is 1. The fourth-order valence-electron chi connectivity index (χ4n) is 3.39. The molecule has 1 fully saturated rings. The molecule has 4 rings (SSSR count). The number of hydrogen-bond donors (Lipinski definition) is 0. The highest BCUT2D eigenvalue weighted by atomic mass is 35.5. The third-order valence-electron chi connectivity index (χ3n) is 4.99. The van der Waals surface area contributed by atoms with Crippen molar-refractivity contribution in [2.45, 2.75) is 6.92 Å². The van der Waals surface area contributed by atoms with Crippen LogP contribution in [0.3, 0.4) is 0 Å². The van der Waals surface area contributed by atoms with Crippen molar-refractivity contribution in [3.05, 3.63) is 70.2 Å². The number of thioether (sulfide) groups is 1. The molecule has 35 heavy (non-hydrogen) atoms.